The quantitative estimate of drug-likeness (QED) is 0.165. The summed E-state index contributed by atoms with van der Waals surface area (Å²) in [7, 11) is 0. The van der Waals surface area contributed by atoms with Crippen LogP contribution in [0.5, 0.6) is 0 Å². The summed E-state index contributed by atoms with van der Waals surface area (Å²) in [5.74, 6) is 0.643. The highest BCUT2D eigenvalue weighted by Gasteiger charge is 2.39. The first-order valence-electron chi connectivity index (χ1n) is 24.1. The molecule has 0 saturated carbocycles. The van der Waals surface area contributed by atoms with Crippen LogP contribution in [0, 0.1) is 0 Å². The molecule has 11 aromatic rings. The number of hydrogen-bond donors (Lipinski definition) is 0. The van der Waals surface area contributed by atoms with Crippen molar-refractivity contribution < 1.29 is 4.42 Å². The zero-order chi connectivity index (χ0) is 45.8. The second-order valence-electron chi connectivity index (χ2n) is 21.1. The number of aromatic nitrogens is 1. The molecule has 1 heterocycles. The molecule has 0 N–H and O–H groups in total. The predicted octanol–water partition coefficient (Wildman–Crippen LogP) is 17.7. The molecule has 0 aliphatic heterocycles. The smallest absolute Gasteiger partial charge is 0.227 e. The van der Waals surface area contributed by atoms with E-state index in [1.807, 2.05) is 24.3 Å². The zero-order valence-electron chi connectivity index (χ0n) is 39.3. The molecule has 1 aromatic heterocycles. The molecule has 0 unspecified atom stereocenters. The maximum absolute atomic E-state index is 6.13. The first-order chi connectivity index (χ1) is 33.0. The molecule has 2 heteroatoms. The van der Waals surface area contributed by atoms with Crippen molar-refractivity contribution in [2.24, 2.45) is 0 Å². The molecule has 0 atom stereocenters. The van der Waals surface area contributed by atoms with E-state index in [1.54, 1.807) is 0 Å². The van der Waals surface area contributed by atoms with Gasteiger partial charge in [-0.1, -0.05) is 175 Å². The van der Waals surface area contributed by atoms with Crippen LogP contribution in [-0.4, -0.2) is 4.98 Å². The van der Waals surface area contributed by atoms with Crippen LogP contribution in [0.15, 0.2) is 192 Å². The second-order valence-corrected chi connectivity index (χ2v) is 21.1. The van der Waals surface area contributed by atoms with Gasteiger partial charge in [0.2, 0.25) is 5.89 Å². The first-order valence-corrected chi connectivity index (χ1v) is 24.1. The monoisotopic (exact) mass is 871 g/mol. The molecule has 68 heavy (non-hydrogen) atoms. The highest BCUT2D eigenvalue weighted by atomic mass is 16.3. The summed E-state index contributed by atoms with van der Waals surface area (Å²) in [6.45, 7) is 14.4. The van der Waals surface area contributed by atoms with Crippen molar-refractivity contribution in [1.29, 1.82) is 0 Å². The molecule has 0 spiro atoms. The van der Waals surface area contributed by atoms with Crippen LogP contribution >= 0.6 is 0 Å². The molecule has 324 valence electrons. The van der Waals surface area contributed by atoms with Crippen LogP contribution in [0.1, 0.15) is 74.9 Å². The van der Waals surface area contributed by atoms with E-state index < -0.39 is 0 Å². The minimum Gasteiger partial charge on any atom is -0.436 e. The maximum atomic E-state index is 6.13. The Morgan fingerprint density at radius 1 is 0.309 bits per heavy atom. The van der Waals surface area contributed by atoms with E-state index in [0.717, 1.165) is 16.7 Å². The Balaban J connectivity index is 0.983. The number of oxazole rings is 1. The third-order valence-corrected chi connectivity index (χ3v) is 16.3. The molecule has 3 aliphatic rings. The average Bonchev–Trinajstić information content (AvgIpc) is 4.04. The Morgan fingerprint density at radius 2 is 0.721 bits per heavy atom. The van der Waals surface area contributed by atoms with Gasteiger partial charge < -0.3 is 4.42 Å². The van der Waals surface area contributed by atoms with Gasteiger partial charge in [0.25, 0.3) is 0 Å². The number of rotatable bonds is 4. The standard InChI is InChI=1S/C66H49NO/c1-64(2)53-19-11-9-15-43(53)45-31-28-41(34-56(45)64)61-48-17-7-8-18-49(48)62(42-29-32-46-44-16-10-12-20-54(44)65(3,4)57(46)35-42)52-37-58-50(36-51(52)61)47-30-27-40(33-55(47)66(58,5)6)38-23-25-39(26-24-38)63-67-59-21-13-14-22-60(59)68-63/h7-37H,1-6H3. The summed E-state index contributed by atoms with van der Waals surface area (Å²) in [6, 6.07) is 70.6. The lowest BCUT2D eigenvalue weighted by atomic mass is 9.77. The van der Waals surface area contributed by atoms with Crippen molar-refractivity contribution in [3.8, 4) is 78.2 Å². The summed E-state index contributed by atoms with van der Waals surface area (Å²) in [5, 5.41) is 5.14. The fraction of sp³-hybridized carbons (Fsp3) is 0.136. The van der Waals surface area contributed by atoms with Crippen molar-refractivity contribution in [2.75, 3.05) is 0 Å². The fourth-order valence-electron chi connectivity index (χ4n) is 12.7. The van der Waals surface area contributed by atoms with Crippen molar-refractivity contribution >= 4 is 32.6 Å². The van der Waals surface area contributed by atoms with E-state index in [9.17, 15) is 0 Å². The maximum Gasteiger partial charge on any atom is 0.227 e. The summed E-state index contributed by atoms with van der Waals surface area (Å²) >= 11 is 0. The molecule has 0 saturated heterocycles. The van der Waals surface area contributed by atoms with Gasteiger partial charge in [-0.2, -0.15) is 0 Å². The lowest BCUT2D eigenvalue weighted by Gasteiger charge is -2.25. The first kappa shape index (κ1) is 39.4. The Kier molecular flexibility index (Phi) is 7.90. The lowest BCUT2D eigenvalue weighted by molar-refractivity contribution is 0.620. The van der Waals surface area contributed by atoms with Gasteiger partial charge in [0, 0.05) is 21.8 Å². The molecular formula is C66H49NO. The minimum absolute atomic E-state index is 0.116. The van der Waals surface area contributed by atoms with Gasteiger partial charge in [-0.05, 0) is 176 Å². The van der Waals surface area contributed by atoms with Gasteiger partial charge in [0.15, 0.2) is 5.58 Å². The Hall–Kier alpha value is -7.81. The van der Waals surface area contributed by atoms with E-state index in [4.69, 9.17) is 9.40 Å². The number of fused-ring (bicyclic) bond motifs is 12. The zero-order valence-corrected chi connectivity index (χ0v) is 39.3. The molecule has 10 aromatic carbocycles. The molecular weight excluding hydrogens is 823 g/mol. The van der Waals surface area contributed by atoms with E-state index in [-0.39, 0.29) is 16.2 Å². The Bertz CT molecular complexity index is 3950. The summed E-state index contributed by atoms with van der Waals surface area (Å²) < 4.78 is 6.13. The topological polar surface area (TPSA) is 26.0 Å². The fourth-order valence-corrected chi connectivity index (χ4v) is 12.7. The SMILES string of the molecule is CC1(C)c2ccccc2-c2ccc(-c3c4ccccc4c(-c4ccc5c(c4)C(C)(C)c4ccccc4-5)c4cc5c(cc34)-c3ccc(-c4ccc(-c6nc7ccccc7o6)cc4)cc3C5(C)C)cc21. The van der Waals surface area contributed by atoms with Crippen molar-refractivity contribution in [3.05, 3.63) is 221 Å². The van der Waals surface area contributed by atoms with E-state index >= 15 is 0 Å². The minimum atomic E-state index is -0.249. The van der Waals surface area contributed by atoms with Crippen molar-refractivity contribution in [1.82, 2.24) is 4.98 Å². The number of nitrogens with zero attached hydrogens (tertiary/aromatic N) is 1. The highest BCUT2D eigenvalue weighted by Crippen LogP contribution is 2.57. The Labute approximate surface area is 397 Å². The molecule has 0 bridgehead atoms. The van der Waals surface area contributed by atoms with Crippen LogP contribution in [-0.2, 0) is 16.2 Å². The van der Waals surface area contributed by atoms with E-state index in [2.05, 4.69) is 205 Å². The highest BCUT2D eigenvalue weighted by molar-refractivity contribution is 6.23. The third-order valence-electron chi connectivity index (χ3n) is 16.3. The second kappa shape index (κ2) is 13.6. The van der Waals surface area contributed by atoms with Crippen LogP contribution in [0.2, 0.25) is 0 Å². The van der Waals surface area contributed by atoms with Gasteiger partial charge in [-0.25, -0.2) is 4.98 Å². The van der Waals surface area contributed by atoms with Gasteiger partial charge in [0.1, 0.15) is 5.52 Å². The van der Waals surface area contributed by atoms with E-state index in [1.165, 1.54) is 122 Å². The van der Waals surface area contributed by atoms with Crippen LogP contribution in [0.4, 0.5) is 0 Å². The molecule has 2 nitrogen and oxygen atoms in total. The number of para-hydroxylation sites is 2. The van der Waals surface area contributed by atoms with Crippen LogP contribution < -0.4 is 0 Å². The third kappa shape index (κ3) is 5.32. The summed E-state index contributed by atoms with van der Waals surface area (Å²) in [4.78, 5) is 4.76. The van der Waals surface area contributed by atoms with E-state index in [0.29, 0.717) is 5.89 Å². The summed E-state index contributed by atoms with van der Waals surface area (Å²) in [6.07, 6.45) is 0. The van der Waals surface area contributed by atoms with Gasteiger partial charge >= 0.3 is 0 Å². The molecule has 3 aliphatic carbocycles. The lowest BCUT2D eigenvalue weighted by Crippen LogP contribution is -2.15. The molecule has 0 fully saturated rings. The van der Waals surface area contributed by atoms with Crippen molar-refractivity contribution in [3.63, 3.8) is 0 Å². The van der Waals surface area contributed by atoms with Gasteiger partial charge in [-0.15, -0.1) is 0 Å². The molecule has 0 amide bonds. The van der Waals surface area contributed by atoms with Gasteiger partial charge in [-0.3, -0.25) is 0 Å². The molecule has 14 rings (SSSR count). The summed E-state index contributed by atoms with van der Waals surface area (Å²) in [5.41, 5.74) is 26.0. The Morgan fingerprint density at radius 3 is 1.31 bits per heavy atom. The van der Waals surface area contributed by atoms with Crippen LogP contribution in [0.25, 0.3) is 111 Å². The number of hydrogen-bond acceptors (Lipinski definition) is 2. The average molecular weight is 872 g/mol. The normalized spacial score (nSPS) is 15.3. The molecule has 0 radical (unpaired) electrons. The predicted molar refractivity (Wildman–Crippen MR) is 283 cm³/mol. The van der Waals surface area contributed by atoms with Gasteiger partial charge in [0.05, 0.1) is 0 Å². The van der Waals surface area contributed by atoms with Crippen molar-refractivity contribution in [2.45, 2.75) is 57.8 Å². The number of benzene rings is 10. The largest absolute Gasteiger partial charge is 0.436 e. The van der Waals surface area contributed by atoms with Crippen LogP contribution in [0.3, 0.4) is 0 Å².